The van der Waals surface area contributed by atoms with Crippen LogP contribution in [0.3, 0.4) is 0 Å². The molecule has 1 N–H and O–H groups in total. The minimum Gasteiger partial charge on any atom is -0.307 e. The molecule has 2 atom stereocenters. The number of thioether (sulfide) groups is 1. The second-order valence-electron chi connectivity index (χ2n) is 5.98. The summed E-state index contributed by atoms with van der Waals surface area (Å²) in [7, 11) is -3.03. The van der Waals surface area contributed by atoms with Crippen molar-refractivity contribution in [2.45, 2.75) is 47.7 Å². The first-order valence-corrected chi connectivity index (χ1v) is 11.0. The Balaban J connectivity index is 1.62. The minimum absolute atomic E-state index is 0.427. The van der Waals surface area contributed by atoms with Gasteiger partial charge in [-0.05, 0) is 36.3 Å². The summed E-state index contributed by atoms with van der Waals surface area (Å²) >= 11 is 3.81. The lowest BCUT2D eigenvalue weighted by molar-refractivity contribution is 0.269. The van der Waals surface area contributed by atoms with E-state index in [1.807, 2.05) is 23.1 Å². The number of hydrogen-bond donors (Lipinski definition) is 1. The number of sulfonamides is 1. The highest BCUT2D eigenvalue weighted by Gasteiger charge is 2.30. The topological polar surface area (TPSA) is 49.4 Å². The van der Waals surface area contributed by atoms with Crippen LogP contribution in [0.4, 0.5) is 0 Å². The van der Waals surface area contributed by atoms with E-state index < -0.39 is 10.0 Å². The van der Waals surface area contributed by atoms with Crippen LogP contribution in [0, 0.1) is 0 Å². The van der Waals surface area contributed by atoms with Crippen molar-refractivity contribution in [1.29, 1.82) is 0 Å². The molecule has 1 aromatic heterocycles. The molecule has 0 bridgehead atoms. The summed E-state index contributed by atoms with van der Waals surface area (Å²) in [6.45, 7) is 3.57. The summed E-state index contributed by atoms with van der Waals surface area (Å²) in [5, 5.41) is 6.59. The summed E-state index contributed by atoms with van der Waals surface area (Å²) < 4.78 is 26.2. The van der Waals surface area contributed by atoms with Gasteiger partial charge in [0.15, 0.2) is 0 Å². The first-order valence-electron chi connectivity index (χ1n) is 7.38. The molecule has 4 nitrogen and oxygen atoms in total. The van der Waals surface area contributed by atoms with Gasteiger partial charge in [0, 0.05) is 30.4 Å². The quantitative estimate of drug-likeness (QED) is 0.914. The molecule has 118 valence electrons. The Morgan fingerprint density at radius 3 is 2.71 bits per heavy atom. The molecule has 1 saturated heterocycles. The van der Waals surface area contributed by atoms with E-state index in [9.17, 15) is 8.42 Å². The third kappa shape index (κ3) is 3.64. The molecule has 0 aromatic carbocycles. The lowest BCUT2D eigenvalue weighted by Crippen LogP contribution is -2.46. The lowest BCUT2D eigenvalue weighted by Gasteiger charge is -2.35. The number of nitrogens with one attached hydrogen (secondary N) is 1. The average molecular weight is 347 g/mol. The molecule has 2 aliphatic heterocycles. The van der Waals surface area contributed by atoms with E-state index >= 15 is 0 Å². The molecule has 7 heteroatoms. The van der Waals surface area contributed by atoms with Crippen LogP contribution in [0.15, 0.2) is 15.7 Å². The van der Waals surface area contributed by atoms with Gasteiger partial charge in [0.2, 0.25) is 10.0 Å². The first kappa shape index (κ1) is 15.8. The molecule has 1 unspecified atom stereocenters. The maximum Gasteiger partial charge on any atom is 0.211 e. The number of fused-ring (bicyclic) bond motifs is 1. The summed E-state index contributed by atoms with van der Waals surface area (Å²) in [5.74, 6) is 0. The maximum atomic E-state index is 11.6. The molecule has 0 saturated carbocycles. The van der Waals surface area contributed by atoms with Gasteiger partial charge in [-0.25, -0.2) is 12.7 Å². The van der Waals surface area contributed by atoms with Gasteiger partial charge in [0.05, 0.1) is 10.5 Å². The highest BCUT2D eigenvalue weighted by Crippen LogP contribution is 2.44. The lowest BCUT2D eigenvalue weighted by atomic mass is 10.00. The molecular weight excluding hydrogens is 324 g/mol. The number of thiophene rings is 1. The summed E-state index contributed by atoms with van der Waals surface area (Å²) in [6, 6.07) is 3.09. The standard InChI is InChI=1S/C14H22N2O2S3/c1-10-9-13(12-5-8-19-14(12)20-10)15-11-3-6-16(7-4-11)21(2,17)18/h5,8,10-11,13,15H,3-4,6-7,9H2,1-2H3/t10-,13?/m0/s1. The number of nitrogens with zero attached hydrogens (tertiary/aromatic N) is 1. The molecule has 21 heavy (non-hydrogen) atoms. The smallest absolute Gasteiger partial charge is 0.211 e. The monoisotopic (exact) mass is 346 g/mol. The van der Waals surface area contributed by atoms with Crippen LogP contribution in [0.25, 0.3) is 0 Å². The fraction of sp³-hybridized carbons (Fsp3) is 0.714. The van der Waals surface area contributed by atoms with Crippen LogP contribution in [-0.2, 0) is 10.0 Å². The van der Waals surface area contributed by atoms with E-state index in [1.54, 1.807) is 4.31 Å². The van der Waals surface area contributed by atoms with Crippen LogP contribution in [0.5, 0.6) is 0 Å². The van der Waals surface area contributed by atoms with Crippen molar-refractivity contribution in [3.05, 3.63) is 17.0 Å². The molecule has 0 aliphatic carbocycles. The number of hydrogen-bond acceptors (Lipinski definition) is 5. The SMILES string of the molecule is C[C@H]1CC(NC2CCN(S(C)(=O)=O)CC2)c2ccsc2S1. The molecule has 1 aromatic rings. The Morgan fingerprint density at radius 1 is 1.33 bits per heavy atom. The van der Waals surface area contributed by atoms with Crippen molar-refractivity contribution in [2.75, 3.05) is 19.3 Å². The molecule has 2 aliphatic rings. The van der Waals surface area contributed by atoms with E-state index in [1.165, 1.54) is 16.0 Å². The van der Waals surface area contributed by atoms with Crippen molar-refractivity contribution < 1.29 is 8.42 Å². The first-order chi connectivity index (χ1) is 9.93. The molecule has 3 heterocycles. The molecule has 3 rings (SSSR count). The van der Waals surface area contributed by atoms with Gasteiger partial charge >= 0.3 is 0 Å². The Morgan fingerprint density at radius 2 is 2.05 bits per heavy atom. The largest absolute Gasteiger partial charge is 0.307 e. The van der Waals surface area contributed by atoms with Gasteiger partial charge < -0.3 is 5.32 Å². The molecule has 0 spiro atoms. The number of piperidine rings is 1. The van der Waals surface area contributed by atoms with Gasteiger partial charge in [-0.15, -0.1) is 23.1 Å². The van der Waals surface area contributed by atoms with E-state index in [2.05, 4.69) is 23.7 Å². The highest BCUT2D eigenvalue weighted by molar-refractivity contribution is 8.01. The zero-order chi connectivity index (χ0) is 15.0. The van der Waals surface area contributed by atoms with Crippen molar-refractivity contribution in [3.8, 4) is 0 Å². The van der Waals surface area contributed by atoms with Crippen molar-refractivity contribution >= 4 is 33.1 Å². The third-order valence-electron chi connectivity index (χ3n) is 4.27. The third-order valence-corrected chi connectivity index (χ3v) is 7.92. The summed E-state index contributed by atoms with van der Waals surface area (Å²) in [6.07, 6.45) is 4.27. The van der Waals surface area contributed by atoms with Gasteiger partial charge in [-0.2, -0.15) is 0 Å². The van der Waals surface area contributed by atoms with Gasteiger partial charge in [0.1, 0.15) is 0 Å². The van der Waals surface area contributed by atoms with Gasteiger partial charge in [-0.1, -0.05) is 6.92 Å². The number of rotatable bonds is 3. The van der Waals surface area contributed by atoms with Crippen molar-refractivity contribution in [3.63, 3.8) is 0 Å². The van der Waals surface area contributed by atoms with Gasteiger partial charge in [0.25, 0.3) is 0 Å². The van der Waals surface area contributed by atoms with Crippen LogP contribution in [-0.4, -0.2) is 43.4 Å². The molecule has 1 fully saturated rings. The van der Waals surface area contributed by atoms with Crippen molar-refractivity contribution in [2.24, 2.45) is 0 Å². The predicted octanol–water partition coefficient (Wildman–Crippen LogP) is 2.69. The van der Waals surface area contributed by atoms with E-state index in [4.69, 9.17) is 0 Å². The van der Waals surface area contributed by atoms with Crippen LogP contribution >= 0.6 is 23.1 Å². The van der Waals surface area contributed by atoms with E-state index in [0.717, 1.165) is 19.3 Å². The Bertz CT molecular complexity index is 591. The second kappa shape index (κ2) is 6.20. The van der Waals surface area contributed by atoms with Crippen LogP contribution in [0.1, 0.15) is 37.8 Å². The molecule has 0 radical (unpaired) electrons. The maximum absolute atomic E-state index is 11.6. The highest BCUT2D eigenvalue weighted by atomic mass is 32.2. The Kier molecular flexibility index (Phi) is 4.66. The Labute approximate surface area is 135 Å². The normalized spacial score (nSPS) is 28.5. The Hall–Kier alpha value is -0.0800. The molecular formula is C14H22N2O2S3. The van der Waals surface area contributed by atoms with E-state index in [-0.39, 0.29) is 0 Å². The van der Waals surface area contributed by atoms with Crippen LogP contribution in [0.2, 0.25) is 0 Å². The fourth-order valence-electron chi connectivity index (χ4n) is 3.15. The molecule has 0 amide bonds. The van der Waals surface area contributed by atoms with Gasteiger partial charge in [-0.3, -0.25) is 0 Å². The zero-order valence-corrected chi connectivity index (χ0v) is 14.9. The average Bonchev–Trinajstić information content (AvgIpc) is 2.86. The minimum atomic E-state index is -3.03. The van der Waals surface area contributed by atoms with E-state index in [0.29, 0.717) is 30.4 Å². The van der Waals surface area contributed by atoms with Crippen molar-refractivity contribution in [1.82, 2.24) is 9.62 Å². The second-order valence-corrected chi connectivity index (χ2v) is 10.6. The fourth-order valence-corrected chi connectivity index (χ4v) is 6.59. The van der Waals surface area contributed by atoms with Crippen LogP contribution < -0.4 is 5.32 Å². The summed E-state index contributed by atoms with van der Waals surface area (Å²) in [4.78, 5) is 0. The summed E-state index contributed by atoms with van der Waals surface area (Å²) in [5.41, 5.74) is 1.44. The zero-order valence-electron chi connectivity index (χ0n) is 12.4. The predicted molar refractivity (Wildman–Crippen MR) is 89.6 cm³/mol.